The minimum absolute atomic E-state index is 0.0903. The fraction of sp³-hybridized carbons (Fsp3) is 0.250. The molecule has 0 N–H and O–H groups in total. The summed E-state index contributed by atoms with van der Waals surface area (Å²) >= 11 is 0. The summed E-state index contributed by atoms with van der Waals surface area (Å²) < 4.78 is 15.1. The normalized spacial score (nSPS) is 17.9. The Morgan fingerprint density at radius 3 is 2.61 bits per heavy atom. The van der Waals surface area contributed by atoms with Crippen molar-refractivity contribution in [2.24, 2.45) is 0 Å². The Morgan fingerprint density at radius 1 is 1.04 bits per heavy atom. The van der Waals surface area contributed by atoms with E-state index in [1.165, 1.54) is 17.7 Å². The van der Waals surface area contributed by atoms with Gasteiger partial charge in [0.2, 0.25) is 0 Å². The van der Waals surface area contributed by atoms with Gasteiger partial charge in [-0.15, -0.1) is 5.10 Å². The van der Waals surface area contributed by atoms with E-state index in [0.717, 1.165) is 31.0 Å². The van der Waals surface area contributed by atoms with Crippen LogP contribution >= 0.6 is 0 Å². The molecule has 0 saturated carbocycles. The molecule has 1 aliphatic rings. The molecule has 6 nitrogen and oxygen atoms in total. The molecule has 2 aromatic heterocycles. The summed E-state index contributed by atoms with van der Waals surface area (Å²) in [6.07, 6.45) is 3.58. The first-order valence-electron chi connectivity index (χ1n) is 7.46. The maximum absolute atomic E-state index is 13.3. The second-order valence-corrected chi connectivity index (χ2v) is 5.54. The van der Waals surface area contributed by atoms with Crippen LogP contribution in [-0.4, -0.2) is 36.6 Å². The van der Waals surface area contributed by atoms with E-state index in [1.54, 1.807) is 24.5 Å². The van der Waals surface area contributed by atoms with Crippen LogP contribution in [0.15, 0.2) is 48.8 Å². The lowest BCUT2D eigenvalue weighted by Crippen LogP contribution is -2.39. The maximum atomic E-state index is 13.3. The van der Waals surface area contributed by atoms with Crippen molar-refractivity contribution in [1.29, 1.82) is 0 Å². The van der Waals surface area contributed by atoms with Crippen LogP contribution < -0.4 is 0 Å². The van der Waals surface area contributed by atoms with Crippen LogP contribution in [0.25, 0.3) is 0 Å². The summed E-state index contributed by atoms with van der Waals surface area (Å²) in [5.74, 6) is 0.543. The van der Waals surface area contributed by atoms with Crippen LogP contribution in [0.2, 0.25) is 0 Å². The lowest BCUT2D eigenvalue weighted by Gasteiger charge is -2.34. The van der Waals surface area contributed by atoms with Gasteiger partial charge in [0.05, 0.1) is 12.6 Å². The fourth-order valence-corrected chi connectivity index (χ4v) is 2.98. The summed E-state index contributed by atoms with van der Waals surface area (Å²) in [6.45, 7) is 2.32. The molecule has 1 unspecified atom stereocenters. The SMILES string of the molecule is Fc1ccc(C2c3nnnn3CCN2Cc2ccncc2)cc1. The molecule has 1 aromatic carbocycles. The number of fused-ring (bicyclic) bond motifs is 1. The van der Waals surface area contributed by atoms with E-state index in [1.807, 2.05) is 16.8 Å². The summed E-state index contributed by atoms with van der Waals surface area (Å²) in [5.41, 5.74) is 2.16. The Bertz CT molecular complexity index is 786. The van der Waals surface area contributed by atoms with Crippen LogP contribution in [0.4, 0.5) is 4.39 Å². The molecule has 3 heterocycles. The van der Waals surface area contributed by atoms with Crippen molar-refractivity contribution in [1.82, 2.24) is 30.1 Å². The van der Waals surface area contributed by atoms with Crippen LogP contribution in [-0.2, 0) is 13.1 Å². The van der Waals surface area contributed by atoms with Crippen molar-refractivity contribution in [3.05, 3.63) is 71.6 Å². The van der Waals surface area contributed by atoms with E-state index in [0.29, 0.717) is 0 Å². The number of aromatic nitrogens is 5. The fourth-order valence-electron chi connectivity index (χ4n) is 2.98. The van der Waals surface area contributed by atoms with E-state index >= 15 is 0 Å². The molecule has 0 radical (unpaired) electrons. The number of rotatable bonds is 3. The minimum Gasteiger partial charge on any atom is -0.284 e. The van der Waals surface area contributed by atoms with Gasteiger partial charge in [-0.25, -0.2) is 9.07 Å². The first-order valence-corrected chi connectivity index (χ1v) is 7.46. The van der Waals surface area contributed by atoms with E-state index in [9.17, 15) is 4.39 Å². The zero-order chi connectivity index (χ0) is 15.6. The number of hydrogen-bond donors (Lipinski definition) is 0. The highest BCUT2D eigenvalue weighted by atomic mass is 19.1. The summed E-state index contributed by atoms with van der Waals surface area (Å²) in [4.78, 5) is 6.36. The third-order valence-electron chi connectivity index (χ3n) is 4.09. The Balaban J connectivity index is 1.71. The minimum atomic E-state index is -0.246. The lowest BCUT2D eigenvalue weighted by molar-refractivity contribution is 0.164. The van der Waals surface area contributed by atoms with Gasteiger partial charge in [-0.3, -0.25) is 9.88 Å². The zero-order valence-corrected chi connectivity index (χ0v) is 12.4. The van der Waals surface area contributed by atoms with Crippen molar-refractivity contribution in [2.75, 3.05) is 6.54 Å². The number of nitrogens with zero attached hydrogens (tertiary/aromatic N) is 6. The predicted molar refractivity (Wildman–Crippen MR) is 80.7 cm³/mol. The second kappa shape index (κ2) is 5.85. The molecule has 0 amide bonds. The quantitative estimate of drug-likeness (QED) is 0.738. The van der Waals surface area contributed by atoms with Gasteiger partial charge in [0.1, 0.15) is 5.82 Å². The van der Waals surface area contributed by atoms with Gasteiger partial charge in [-0.2, -0.15) is 0 Å². The van der Waals surface area contributed by atoms with Gasteiger partial charge in [0.25, 0.3) is 0 Å². The maximum Gasteiger partial charge on any atom is 0.173 e. The van der Waals surface area contributed by atoms with Gasteiger partial charge in [-0.1, -0.05) is 12.1 Å². The van der Waals surface area contributed by atoms with Gasteiger partial charge in [-0.05, 0) is 45.8 Å². The molecule has 23 heavy (non-hydrogen) atoms. The van der Waals surface area contributed by atoms with Crippen LogP contribution in [0.5, 0.6) is 0 Å². The van der Waals surface area contributed by atoms with E-state index in [2.05, 4.69) is 25.4 Å². The number of tetrazole rings is 1. The summed E-state index contributed by atoms with van der Waals surface area (Å²) in [6, 6.07) is 10.4. The van der Waals surface area contributed by atoms with Gasteiger partial charge in [0.15, 0.2) is 5.82 Å². The standard InChI is InChI=1S/C16H15FN6/c17-14-3-1-13(2-4-14)15-16-19-20-21-23(16)10-9-22(15)11-12-5-7-18-8-6-12/h1-8,15H,9-11H2. The van der Waals surface area contributed by atoms with Gasteiger partial charge < -0.3 is 0 Å². The Hall–Kier alpha value is -2.67. The van der Waals surface area contributed by atoms with Crippen molar-refractivity contribution in [3.63, 3.8) is 0 Å². The van der Waals surface area contributed by atoms with E-state index in [4.69, 9.17) is 0 Å². The highest BCUT2D eigenvalue weighted by molar-refractivity contribution is 5.26. The molecule has 1 aliphatic heterocycles. The zero-order valence-electron chi connectivity index (χ0n) is 12.4. The largest absolute Gasteiger partial charge is 0.284 e. The molecule has 4 rings (SSSR count). The molecule has 3 aromatic rings. The highest BCUT2D eigenvalue weighted by Crippen LogP contribution is 2.31. The Labute approximate surface area is 132 Å². The van der Waals surface area contributed by atoms with Crippen LogP contribution in [0, 0.1) is 5.82 Å². The number of halogens is 1. The average molecular weight is 310 g/mol. The molecule has 0 fully saturated rings. The number of benzene rings is 1. The Kier molecular flexibility index (Phi) is 3.55. The number of pyridine rings is 1. The molecule has 0 bridgehead atoms. The first-order chi connectivity index (χ1) is 11.3. The van der Waals surface area contributed by atoms with Crippen molar-refractivity contribution in [3.8, 4) is 0 Å². The molecule has 0 aliphatic carbocycles. The van der Waals surface area contributed by atoms with E-state index in [-0.39, 0.29) is 11.9 Å². The lowest BCUT2D eigenvalue weighted by atomic mass is 10.0. The predicted octanol–water partition coefficient (Wildman–Crippen LogP) is 1.81. The second-order valence-electron chi connectivity index (χ2n) is 5.54. The molecule has 7 heteroatoms. The summed E-state index contributed by atoms with van der Waals surface area (Å²) in [5, 5.41) is 12.0. The van der Waals surface area contributed by atoms with Crippen molar-refractivity contribution < 1.29 is 4.39 Å². The van der Waals surface area contributed by atoms with Crippen LogP contribution in [0.3, 0.4) is 0 Å². The topological polar surface area (TPSA) is 59.7 Å². The van der Waals surface area contributed by atoms with Crippen molar-refractivity contribution in [2.45, 2.75) is 19.1 Å². The van der Waals surface area contributed by atoms with Crippen LogP contribution in [0.1, 0.15) is 23.0 Å². The Morgan fingerprint density at radius 2 is 1.83 bits per heavy atom. The molecular weight excluding hydrogens is 295 g/mol. The van der Waals surface area contributed by atoms with E-state index < -0.39 is 0 Å². The summed E-state index contributed by atoms with van der Waals surface area (Å²) in [7, 11) is 0. The molecule has 1 atom stereocenters. The highest BCUT2D eigenvalue weighted by Gasteiger charge is 2.31. The smallest absolute Gasteiger partial charge is 0.173 e. The average Bonchev–Trinajstić information content (AvgIpc) is 3.05. The van der Waals surface area contributed by atoms with Crippen molar-refractivity contribution >= 4 is 0 Å². The monoisotopic (exact) mass is 310 g/mol. The molecule has 116 valence electrons. The third kappa shape index (κ3) is 2.70. The molecular formula is C16H15FN6. The third-order valence-corrected chi connectivity index (χ3v) is 4.09. The number of hydrogen-bond acceptors (Lipinski definition) is 5. The molecule has 0 spiro atoms. The molecule has 0 saturated heterocycles. The van der Waals surface area contributed by atoms with Gasteiger partial charge in [0, 0.05) is 25.5 Å². The van der Waals surface area contributed by atoms with Gasteiger partial charge >= 0.3 is 0 Å². The first kappa shape index (κ1) is 14.0.